The Hall–Kier alpha value is -1.93. The van der Waals surface area contributed by atoms with Crippen LogP contribution >= 0.6 is 12.2 Å². The standard InChI is InChI=1S/C13H16N4O2S2/c1-8-12(9(2)17(3)15-8)21(18,19)16-11-6-4-10(5-7-11)13(14)20/h4-7,16H,1-3H3,(H2,14,20). The molecule has 0 aliphatic rings. The first-order valence-corrected chi connectivity index (χ1v) is 8.04. The first kappa shape index (κ1) is 15.5. The van der Waals surface area contributed by atoms with Crippen LogP contribution in [-0.4, -0.2) is 23.2 Å². The van der Waals surface area contributed by atoms with Crippen molar-refractivity contribution in [3.63, 3.8) is 0 Å². The number of sulfonamides is 1. The predicted molar refractivity (Wildman–Crippen MR) is 85.8 cm³/mol. The van der Waals surface area contributed by atoms with Crippen LogP contribution in [0.15, 0.2) is 29.2 Å². The Labute approximate surface area is 129 Å². The first-order valence-electron chi connectivity index (χ1n) is 6.15. The van der Waals surface area contributed by atoms with Gasteiger partial charge in [0.15, 0.2) is 0 Å². The smallest absolute Gasteiger partial charge is 0.265 e. The number of hydrogen-bond acceptors (Lipinski definition) is 4. The van der Waals surface area contributed by atoms with Crippen LogP contribution in [-0.2, 0) is 17.1 Å². The van der Waals surface area contributed by atoms with Crippen LogP contribution < -0.4 is 10.5 Å². The Bertz CT molecular complexity index is 792. The third-order valence-electron chi connectivity index (χ3n) is 3.13. The Morgan fingerprint density at radius 3 is 2.29 bits per heavy atom. The van der Waals surface area contributed by atoms with E-state index in [1.807, 2.05) is 0 Å². The van der Waals surface area contributed by atoms with Gasteiger partial charge in [-0.05, 0) is 38.1 Å². The molecular formula is C13H16N4O2S2. The molecule has 0 spiro atoms. The van der Waals surface area contributed by atoms with Crippen LogP contribution in [0.2, 0.25) is 0 Å². The second-order valence-electron chi connectivity index (χ2n) is 4.67. The largest absolute Gasteiger partial charge is 0.389 e. The SMILES string of the molecule is Cc1nn(C)c(C)c1S(=O)(=O)Nc1ccc(C(N)=S)cc1. The molecule has 21 heavy (non-hydrogen) atoms. The molecule has 1 aromatic heterocycles. The minimum Gasteiger partial charge on any atom is -0.389 e. The normalized spacial score (nSPS) is 11.4. The Balaban J connectivity index is 2.35. The number of rotatable bonds is 4. The van der Waals surface area contributed by atoms with Crippen molar-refractivity contribution in [3.05, 3.63) is 41.2 Å². The fourth-order valence-corrected chi connectivity index (χ4v) is 3.69. The Kier molecular flexibility index (Phi) is 4.02. The lowest BCUT2D eigenvalue weighted by Gasteiger charge is -2.09. The highest BCUT2D eigenvalue weighted by atomic mass is 32.2. The number of nitrogens with one attached hydrogen (secondary N) is 1. The van der Waals surface area contributed by atoms with Crippen molar-refractivity contribution in [1.29, 1.82) is 0 Å². The molecule has 2 aromatic rings. The second-order valence-corrected chi connectivity index (χ2v) is 6.73. The molecule has 112 valence electrons. The van der Waals surface area contributed by atoms with Crippen LogP contribution in [0.4, 0.5) is 5.69 Å². The van der Waals surface area contributed by atoms with E-state index in [1.165, 1.54) is 0 Å². The van der Waals surface area contributed by atoms with E-state index in [0.717, 1.165) is 0 Å². The third kappa shape index (κ3) is 3.06. The van der Waals surface area contributed by atoms with Crippen molar-refractivity contribution in [1.82, 2.24) is 9.78 Å². The van der Waals surface area contributed by atoms with Gasteiger partial charge in [-0.2, -0.15) is 5.10 Å². The number of benzene rings is 1. The monoisotopic (exact) mass is 324 g/mol. The molecule has 0 aliphatic carbocycles. The van der Waals surface area contributed by atoms with E-state index in [0.29, 0.717) is 22.6 Å². The van der Waals surface area contributed by atoms with Gasteiger partial charge in [-0.1, -0.05) is 12.2 Å². The van der Waals surface area contributed by atoms with Crippen molar-refractivity contribution in [3.8, 4) is 0 Å². The summed E-state index contributed by atoms with van der Waals surface area (Å²) in [6, 6.07) is 6.58. The lowest BCUT2D eigenvalue weighted by molar-refractivity contribution is 0.599. The van der Waals surface area contributed by atoms with Crippen LogP contribution in [0.5, 0.6) is 0 Å². The van der Waals surface area contributed by atoms with Crippen LogP contribution in [0.25, 0.3) is 0 Å². The number of anilines is 1. The van der Waals surface area contributed by atoms with Gasteiger partial charge in [0.25, 0.3) is 10.0 Å². The highest BCUT2D eigenvalue weighted by Crippen LogP contribution is 2.22. The molecule has 0 atom stereocenters. The van der Waals surface area contributed by atoms with Crippen molar-refractivity contribution < 1.29 is 8.42 Å². The maximum atomic E-state index is 12.5. The summed E-state index contributed by atoms with van der Waals surface area (Å²) in [5.41, 5.74) is 7.67. The van der Waals surface area contributed by atoms with Crippen molar-refractivity contribution in [2.24, 2.45) is 12.8 Å². The molecule has 2 rings (SSSR count). The van der Waals surface area contributed by atoms with E-state index >= 15 is 0 Å². The molecule has 1 aromatic carbocycles. The lowest BCUT2D eigenvalue weighted by Crippen LogP contribution is -2.15. The number of hydrogen-bond donors (Lipinski definition) is 2. The van der Waals surface area contributed by atoms with Gasteiger partial charge in [0, 0.05) is 18.3 Å². The zero-order valence-corrected chi connectivity index (χ0v) is 13.5. The molecule has 0 aliphatic heterocycles. The first-order chi connectivity index (χ1) is 9.72. The van der Waals surface area contributed by atoms with Crippen LogP contribution in [0.1, 0.15) is 17.0 Å². The maximum absolute atomic E-state index is 12.5. The van der Waals surface area contributed by atoms with E-state index in [2.05, 4.69) is 9.82 Å². The number of aromatic nitrogens is 2. The van der Waals surface area contributed by atoms with Crippen LogP contribution in [0, 0.1) is 13.8 Å². The number of nitrogens with zero attached hydrogens (tertiary/aromatic N) is 2. The number of nitrogens with two attached hydrogens (primary N) is 1. The van der Waals surface area contributed by atoms with Gasteiger partial charge in [0.05, 0.1) is 11.4 Å². The summed E-state index contributed by atoms with van der Waals surface area (Å²) in [5, 5.41) is 4.12. The van der Waals surface area contributed by atoms with E-state index in [1.54, 1.807) is 49.8 Å². The summed E-state index contributed by atoms with van der Waals surface area (Å²) in [6.45, 7) is 3.38. The zero-order valence-electron chi connectivity index (χ0n) is 11.9. The molecule has 0 bridgehead atoms. The third-order valence-corrected chi connectivity index (χ3v) is 5.00. The van der Waals surface area contributed by atoms with Crippen LogP contribution in [0.3, 0.4) is 0 Å². The number of aryl methyl sites for hydroxylation is 2. The highest BCUT2D eigenvalue weighted by Gasteiger charge is 2.23. The summed E-state index contributed by atoms with van der Waals surface area (Å²) >= 11 is 4.86. The fraction of sp³-hybridized carbons (Fsp3) is 0.231. The second kappa shape index (κ2) is 5.45. The van der Waals surface area contributed by atoms with Crippen molar-refractivity contribution in [2.45, 2.75) is 18.7 Å². The van der Waals surface area contributed by atoms with Gasteiger partial charge < -0.3 is 5.73 Å². The van der Waals surface area contributed by atoms with Gasteiger partial charge in [0.1, 0.15) is 9.88 Å². The average Bonchev–Trinajstić information content (AvgIpc) is 2.63. The molecule has 6 nitrogen and oxygen atoms in total. The zero-order chi connectivity index (χ0) is 15.8. The Morgan fingerprint density at radius 2 is 1.86 bits per heavy atom. The van der Waals surface area contributed by atoms with Gasteiger partial charge >= 0.3 is 0 Å². The highest BCUT2D eigenvalue weighted by molar-refractivity contribution is 7.92. The molecular weight excluding hydrogens is 308 g/mol. The summed E-state index contributed by atoms with van der Waals surface area (Å²) in [4.78, 5) is 0.465. The molecule has 0 unspecified atom stereocenters. The molecule has 0 saturated carbocycles. The molecule has 0 amide bonds. The summed E-state index contributed by atoms with van der Waals surface area (Å²) in [5.74, 6) is 0. The van der Waals surface area contributed by atoms with Gasteiger partial charge in [0.2, 0.25) is 0 Å². The topological polar surface area (TPSA) is 90.0 Å². The Morgan fingerprint density at radius 1 is 1.29 bits per heavy atom. The van der Waals surface area contributed by atoms with Gasteiger partial charge in [-0.15, -0.1) is 0 Å². The van der Waals surface area contributed by atoms with Crippen molar-refractivity contribution in [2.75, 3.05) is 4.72 Å². The molecule has 0 fully saturated rings. The van der Waals surface area contributed by atoms with E-state index in [-0.39, 0.29) is 9.88 Å². The van der Waals surface area contributed by atoms with Crippen molar-refractivity contribution >= 4 is 32.9 Å². The lowest BCUT2D eigenvalue weighted by atomic mass is 10.2. The molecule has 0 saturated heterocycles. The molecule has 3 N–H and O–H groups in total. The fourth-order valence-electron chi connectivity index (χ4n) is 2.05. The average molecular weight is 324 g/mol. The summed E-state index contributed by atoms with van der Waals surface area (Å²) in [6.07, 6.45) is 0. The minimum absolute atomic E-state index is 0.198. The predicted octanol–water partition coefficient (Wildman–Crippen LogP) is 1.47. The minimum atomic E-state index is -3.68. The summed E-state index contributed by atoms with van der Waals surface area (Å²) in [7, 11) is -1.98. The quantitative estimate of drug-likeness (QED) is 0.831. The van der Waals surface area contributed by atoms with Gasteiger partial charge in [-0.3, -0.25) is 9.40 Å². The van der Waals surface area contributed by atoms with E-state index in [4.69, 9.17) is 18.0 Å². The molecule has 0 radical (unpaired) electrons. The van der Waals surface area contributed by atoms with E-state index in [9.17, 15) is 8.42 Å². The molecule has 1 heterocycles. The van der Waals surface area contributed by atoms with Gasteiger partial charge in [-0.25, -0.2) is 8.42 Å². The summed E-state index contributed by atoms with van der Waals surface area (Å²) < 4.78 is 29.0. The van der Waals surface area contributed by atoms with E-state index < -0.39 is 10.0 Å². The molecule has 8 heteroatoms. The number of thiocarbonyl (C=S) groups is 1. The maximum Gasteiger partial charge on any atom is 0.265 e.